The summed E-state index contributed by atoms with van der Waals surface area (Å²) in [5, 5.41) is 0. The highest BCUT2D eigenvalue weighted by molar-refractivity contribution is 5.28. The summed E-state index contributed by atoms with van der Waals surface area (Å²) in [6, 6.07) is 14.6. The first-order valence-corrected chi connectivity index (χ1v) is 8.95. The van der Waals surface area contributed by atoms with Crippen LogP contribution in [-0.2, 0) is 12.8 Å². The van der Waals surface area contributed by atoms with Crippen molar-refractivity contribution in [1.82, 2.24) is 0 Å². The minimum atomic E-state index is -0.0713. The Kier molecular flexibility index (Phi) is 5.15. The van der Waals surface area contributed by atoms with Crippen LogP contribution in [0.5, 0.6) is 0 Å². The molecule has 1 aliphatic rings. The topological polar surface area (TPSA) is 0 Å². The van der Waals surface area contributed by atoms with Gasteiger partial charge in [-0.2, -0.15) is 0 Å². The molecule has 0 aromatic heterocycles. The molecule has 1 aliphatic carbocycles. The average Bonchev–Trinajstić information content (AvgIpc) is 2.55. The number of halogens is 1. The van der Waals surface area contributed by atoms with Crippen LogP contribution >= 0.6 is 0 Å². The molecule has 2 aromatic rings. The van der Waals surface area contributed by atoms with E-state index in [0.29, 0.717) is 0 Å². The molecule has 0 nitrogen and oxygen atoms in total. The Morgan fingerprint density at radius 1 is 0.913 bits per heavy atom. The van der Waals surface area contributed by atoms with Gasteiger partial charge in [0.05, 0.1) is 0 Å². The highest BCUT2D eigenvalue weighted by Gasteiger charge is 2.19. The predicted molar refractivity (Wildman–Crippen MR) is 95.4 cm³/mol. The third-order valence-electron chi connectivity index (χ3n) is 5.36. The molecule has 23 heavy (non-hydrogen) atoms. The molecule has 0 bridgehead atoms. The lowest BCUT2D eigenvalue weighted by atomic mass is 9.79. The maximum Gasteiger partial charge on any atom is 0.126 e. The molecule has 122 valence electrons. The zero-order chi connectivity index (χ0) is 16.2. The first kappa shape index (κ1) is 16.2. The Hall–Kier alpha value is -1.63. The molecule has 0 heterocycles. The van der Waals surface area contributed by atoms with Gasteiger partial charge in [-0.3, -0.25) is 0 Å². The Morgan fingerprint density at radius 2 is 1.61 bits per heavy atom. The summed E-state index contributed by atoms with van der Waals surface area (Å²) in [7, 11) is 0. The van der Waals surface area contributed by atoms with Crippen LogP contribution < -0.4 is 0 Å². The van der Waals surface area contributed by atoms with E-state index in [-0.39, 0.29) is 5.82 Å². The second-order valence-electron chi connectivity index (χ2n) is 7.29. The average molecular weight is 310 g/mol. The minimum absolute atomic E-state index is 0.0713. The van der Waals surface area contributed by atoms with Crippen molar-refractivity contribution >= 4 is 0 Å². The van der Waals surface area contributed by atoms with Crippen LogP contribution in [0.3, 0.4) is 0 Å². The highest BCUT2D eigenvalue weighted by atomic mass is 19.1. The quantitative estimate of drug-likeness (QED) is 0.629. The van der Waals surface area contributed by atoms with Crippen molar-refractivity contribution in [2.24, 2.45) is 5.92 Å². The molecule has 0 saturated heterocycles. The van der Waals surface area contributed by atoms with Crippen LogP contribution in [-0.4, -0.2) is 0 Å². The Labute approximate surface area is 139 Å². The van der Waals surface area contributed by atoms with Crippen LogP contribution in [0.4, 0.5) is 4.39 Å². The van der Waals surface area contributed by atoms with Crippen molar-refractivity contribution in [2.45, 2.75) is 58.3 Å². The zero-order valence-electron chi connectivity index (χ0n) is 14.3. The van der Waals surface area contributed by atoms with E-state index in [1.165, 1.54) is 36.8 Å². The van der Waals surface area contributed by atoms with Gasteiger partial charge in [-0.1, -0.05) is 56.2 Å². The van der Waals surface area contributed by atoms with Crippen LogP contribution in [0.2, 0.25) is 0 Å². The molecule has 3 rings (SSSR count). The van der Waals surface area contributed by atoms with E-state index in [0.717, 1.165) is 35.8 Å². The Morgan fingerprint density at radius 3 is 2.26 bits per heavy atom. The molecule has 1 fully saturated rings. The van der Waals surface area contributed by atoms with E-state index in [4.69, 9.17) is 0 Å². The second kappa shape index (κ2) is 7.29. The van der Waals surface area contributed by atoms with Gasteiger partial charge in [0.15, 0.2) is 0 Å². The lowest BCUT2D eigenvalue weighted by Gasteiger charge is -2.26. The summed E-state index contributed by atoms with van der Waals surface area (Å²) in [5.74, 6) is 1.57. The summed E-state index contributed by atoms with van der Waals surface area (Å²) >= 11 is 0. The van der Waals surface area contributed by atoms with E-state index in [9.17, 15) is 4.39 Å². The van der Waals surface area contributed by atoms with Gasteiger partial charge in [-0.15, -0.1) is 0 Å². The van der Waals surface area contributed by atoms with Gasteiger partial charge < -0.3 is 0 Å². The molecule has 0 unspecified atom stereocenters. The number of rotatable bonds is 4. The lowest BCUT2D eigenvalue weighted by Crippen LogP contribution is -2.10. The fourth-order valence-electron chi connectivity index (χ4n) is 3.68. The van der Waals surface area contributed by atoms with Crippen molar-refractivity contribution in [1.29, 1.82) is 0 Å². The smallest absolute Gasteiger partial charge is 0.126 e. The van der Waals surface area contributed by atoms with E-state index in [2.05, 4.69) is 31.2 Å². The number of aryl methyl sites for hydroxylation is 3. The summed E-state index contributed by atoms with van der Waals surface area (Å²) in [4.78, 5) is 0. The van der Waals surface area contributed by atoms with Gasteiger partial charge >= 0.3 is 0 Å². The first-order chi connectivity index (χ1) is 11.1. The van der Waals surface area contributed by atoms with Crippen LogP contribution in [0.1, 0.15) is 60.8 Å². The highest BCUT2D eigenvalue weighted by Crippen LogP contribution is 2.35. The van der Waals surface area contributed by atoms with Crippen LogP contribution in [0.15, 0.2) is 42.5 Å². The summed E-state index contributed by atoms with van der Waals surface area (Å²) in [6.45, 7) is 4.29. The van der Waals surface area contributed by atoms with Crippen molar-refractivity contribution in [3.8, 4) is 0 Å². The lowest BCUT2D eigenvalue weighted by molar-refractivity contribution is 0.348. The Balaban J connectivity index is 1.59. The van der Waals surface area contributed by atoms with Gasteiger partial charge in [0, 0.05) is 0 Å². The molecular formula is C22H27F. The van der Waals surface area contributed by atoms with Crippen molar-refractivity contribution < 1.29 is 4.39 Å². The van der Waals surface area contributed by atoms with Gasteiger partial charge in [-0.25, -0.2) is 4.39 Å². The summed E-state index contributed by atoms with van der Waals surface area (Å²) in [6.07, 6.45) is 7.05. The third kappa shape index (κ3) is 4.22. The Bertz CT molecular complexity index is 634. The SMILES string of the molecule is Cc1ccc(CCc2ccc(C3CCC(C)CC3)cc2)c(F)c1. The minimum Gasteiger partial charge on any atom is -0.207 e. The zero-order valence-corrected chi connectivity index (χ0v) is 14.3. The fraction of sp³-hybridized carbons (Fsp3) is 0.455. The molecule has 0 aliphatic heterocycles. The molecule has 0 amide bonds. The fourth-order valence-corrected chi connectivity index (χ4v) is 3.68. The molecular weight excluding hydrogens is 283 g/mol. The van der Waals surface area contributed by atoms with Gasteiger partial charge in [0.2, 0.25) is 0 Å². The van der Waals surface area contributed by atoms with Crippen molar-refractivity contribution in [2.75, 3.05) is 0 Å². The van der Waals surface area contributed by atoms with Gasteiger partial charge in [0.25, 0.3) is 0 Å². The second-order valence-corrected chi connectivity index (χ2v) is 7.29. The van der Waals surface area contributed by atoms with E-state index >= 15 is 0 Å². The van der Waals surface area contributed by atoms with E-state index < -0.39 is 0 Å². The van der Waals surface area contributed by atoms with Crippen LogP contribution in [0.25, 0.3) is 0 Å². The summed E-state index contributed by atoms with van der Waals surface area (Å²) < 4.78 is 13.9. The van der Waals surface area contributed by atoms with Crippen molar-refractivity contribution in [3.63, 3.8) is 0 Å². The molecule has 0 atom stereocenters. The van der Waals surface area contributed by atoms with Gasteiger partial charge in [0.1, 0.15) is 5.82 Å². The summed E-state index contributed by atoms with van der Waals surface area (Å²) in [5.41, 5.74) is 4.60. The normalized spacial score (nSPS) is 21.3. The first-order valence-electron chi connectivity index (χ1n) is 8.95. The largest absolute Gasteiger partial charge is 0.207 e. The predicted octanol–water partition coefficient (Wildman–Crippen LogP) is 6.21. The third-order valence-corrected chi connectivity index (χ3v) is 5.36. The standard InChI is InChI=1S/C22H27F/c1-16-3-9-19(10-4-16)20-12-6-18(7-13-20)8-14-21-11-5-17(2)15-22(21)23/h5-7,11-13,15-16,19H,3-4,8-10,14H2,1-2H3. The van der Waals surface area contributed by atoms with Crippen molar-refractivity contribution in [3.05, 3.63) is 70.5 Å². The number of hydrogen-bond donors (Lipinski definition) is 0. The molecule has 1 saturated carbocycles. The number of benzene rings is 2. The maximum atomic E-state index is 13.9. The molecule has 2 aromatic carbocycles. The maximum absolute atomic E-state index is 13.9. The van der Waals surface area contributed by atoms with Crippen LogP contribution in [0, 0.1) is 18.7 Å². The van der Waals surface area contributed by atoms with Gasteiger partial charge in [-0.05, 0) is 72.8 Å². The molecule has 1 heteroatoms. The monoisotopic (exact) mass is 310 g/mol. The van der Waals surface area contributed by atoms with E-state index in [1.807, 2.05) is 19.1 Å². The molecule has 0 N–H and O–H groups in total. The molecule has 0 radical (unpaired) electrons. The number of hydrogen-bond acceptors (Lipinski definition) is 0. The van der Waals surface area contributed by atoms with E-state index in [1.54, 1.807) is 6.07 Å². The molecule has 0 spiro atoms.